The van der Waals surface area contributed by atoms with E-state index in [2.05, 4.69) is 43.2 Å². The fraction of sp³-hybridized carbons (Fsp3) is 0.625. The van der Waals surface area contributed by atoms with Gasteiger partial charge in [0.05, 0.1) is 0 Å². The molecule has 0 aliphatic rings. The number of nitrogens with zero attached hydrogens (tertiary/aromatic N) is 1. The predicted molar refractivity (Wildman–Crippen MR) is 84.9 cm³/mol. The fourth-order valence-electron chi connectivity index (χ4n) is 2.27. The van der Waals surface area contributed by atoms with Crippen LogP contribution in [0.15, 0.2) is 24.3 Å². The van der Waals surface area contributed by atoms with Gasteiger partial charge in [0.15, 0.2) is 0 Å². The number of halogens is 1. The Morgan fingerprint density at radius 3 is 2.63 bits per heavy atom. The lowest BCUT2D eigenvalue weighted by Gasteiger charge is -2.23. The Kier molecular flexibility index (Phi) is 8.11. The molecule has 1 rings (SSSR count). The van der Waals surface area contributed by atoms with Gasteiger partial charge >= 0.3 is 0 Å². The Balaban J connectivity index is 2.61. The molecule has 0 aliphatic carbocycles. The molecule has 0 fully saturated rings. The van der Waals surface area contributed by atoms with Crippen LogP contribution >= 0.6 is 11.6 Å². The van der Waals surface area contributed by atoms with E-state index in [-0.39, 0.29) is 0 Å². The van der Waals surface area contributed by atoms with Crippen molar-refractivity contribution < 1.29 is 0 Å². The Morgan fingerprint density at radius 2 is 2.00 bits per heavy atom. The molecule has 0 amide bonds. The molecule has 0 saturated heterocycles. The maximum absolute atomic E-state index is 6.10. The van der Waals surface area contributed by atoms with Crippen LogP contribution in [0.25, 0.3) is 0 Å². The summed E-state index contributed by atoms with van der Waals surface area (Å²) in [6, 6.07) is 8.62. The van der Waals surface area contributed by atoms with Crippen molar-refractivity contribution in [2.24, 2.45) is 0 Å². The topological polar surface area (TPSA) is 15.3 Å². The molecule has 2 nitrogen and oxygen atoms in total. The summed E-state index contributed by atoms with van der Waals surface area (Å²) in [5, 5.41) is 4.45. The molecule has 1 aromatic carbocycles. The highest BCUT2D eigenvalue weighted by Gasteiger charge is 2.11. The van der Waals surface area contributed by atoms with Crippen LogP contribution in [0, 0.1) is 0 Å². The monoisotopic (exact) mass is 282 g/mol. The molecule has 0 bridgehead atoms. The Labute approximate surface area is 123 Å². The summed E-state index contributed by atoms with van der Waals surface area (Å²) in [5.41, 5.74) is 1.30. The highest BCUT2D eigenvalue weighted by atomic mass is 35.5. The standard InChI is InChI=1S/C16H27ClN2/c1-4-10-18-16(9-12-19(3)11-5-2)14-7-6-8-15(17)13-14/h6-8,13,16,18H,4-5,9-12H2,1-3H3. The molecule has 0 saturated carbocycles. The zero-order chi connectivity index (χ0) is 14.1. The largest absolute Gasteiger partial charge is 0.310 e. The quantitative estimate of drug-likeness (QED) is 0.733. The van der Waals surface area contributed by atoms with Crippen LogP contribution in [0.2, 0.25) is 5.02 Å². The third-order valence-corrected chi connectivity index (χ3v) is 3.53. The van der Waals surface area contributed by atoms with E-state index in [1.807, 2.05) is 12.1 Å². The molecule has 0 heterocycles. The molecular weight excluding hydrogens is 256 g/mol. The van der Waals surface area contributed by atoms with Gasteiger partial charge in [0, 0.05) is 11.1 Å². The zero-order valence-corrected chi connectivity index (χ0v) is 13.2. The first-order valence-electron chi connectivity index (χ1n) is 7.34. The van der Waals surface area contributed by atoms with Crippen LogP contribution in [-0.2, 0) is 0 Å². The van der Waals surface area contributed by atoms with E-state index >= 15 is 0 Å². The van der Waals surface area contributed by atoms with Crippen molar-refractivity contribution in [1.82, 2.24) is 10.2 Å². The third kappa shape index (κ3) is 6.42. The maximum atomic E-state index is 6.10. The van der Waals surface area contributed by atoms with Crippen LogP contribution in [0.3, 0.4) is 0 Å². The van der Waals surface area contributed by atoms with Crippen LogP contribution < -0.4 is 5.32 Å². The molecule has 1 atom stereocenters. The summed E-state index contributed by atoms with van der Waals surface area (Å²) in [6.07, 6.45) is 3.49. The zero-order valence-electron chi connectivity index (χ0n) is 12.5. The summed E-state index contributed by atoms with van der Waals surface area (Å²) in [7, 11) is 2.19. The fourth-order valence-corrected chi connectivity index (χ4v) is 2.47. The van der Waals surface area contributed by atoms with Gasteiger partial charge in [-0.25, -0.2) is 0 Å². The molecule has 3 heteroatoms. The molecule has 0 aromatic heterocycles. The average Bonchev–Trinajstić information content (AvgIpc) is 2.39. The first-order valence-corrected chi connectivity index (χ1v) is 7.72. The van der Waals surface area contributed by atoms with Gasteiger partial charge in [-0.1, -0.05) is 37.6 Å². The SMILES string of the molecule is CCCNC(CCN(C)CCC)c1cccc(Cl)c1. The van der Waals surface area contributed by atoms with Gasteiger partial charge in [0.1, 0.15) is 0 Å². The van der Waals surface area contributed by atoms with Crippen molar-refractivity contribution in [1.29, 1.82) is 0 Å². The molecule has 108 valence electrons. The summed E-state index contributed by atoms with van der Waals surface area (Å²) in [4.78, 5) is 2.39. The first-order chi connectivity index (χ1) is 9.17. The van der Waals surface area contributed by atoms with Crippen molar-refractivity contribution in [3.63, 3.8) is 0 Å². The number of hydrogen-bond acceptors (Lipinski definition) is 2. The maximum Gasteiger partial charge on any atom is 0.0409 e. The van der Waals surface area contributed by atoms with E-state index < -0.39 is 0 Å². The first kappa shape index (κ1) is 16.5. The lowest BCUT2D eigenvalue weighted by atomic mass is 10.0. The Morgan fingerprint density at radius 1 is 1.21 bits per heavy atom. The Bertz CT molecular complexity index is 354. The van der Waals surface area contributed by atoms with E-state index in [4.69, 9.17) is 11.6 Å². The number of hydrogen-bond donors (Lipinski definition) is 1. The second-order valence-electron chi connectivity index (χ2n) is 5.15. The van der Waals surface area contributed by atoms with E-state index in [1.165, 1.54) is 12.0 Å². The highest BCUT2D eigenvalue weighted by molar-refractivity contribution is 6.30. The van der Waals surface area contributed by atoms with Crippen molar-refractivity contribution in [2.45, 2.75) is 39.2 Å². The van der Waals surface area contributed by atoms with E-state index in [1.54, 1.807) is 0 Å². The van der Waals surface area contributed by atoms with Gasteiger partial charge in [-0.2, -0.15) is 0 Å². The average molecular weight is 283 g/mol. The molecule has 1 aromatic rings. The molecule has 1 unspecified atom stereocenters. The van der Waals surface area contributed by atoms with Crippen LogP contribution in [0.4, 0.5) is 0 Å². The normalized spacial score (nSPS) is 12.9. The second-order valence-corrected chi connectivity index (χ2v) is 5.59. The molecule has 19 heavy (non-hydrogen) atoms. The van der Waals surface area contributed by atoms with Crippen LogP contribution in [-0.4, -0.2) is 31.6 Å². The minimum atomic E-state index is 0.401. The van der Waals surface area contributed by atoms with Crippen molar-refractivity contribution in [3.8, 4) is 0 Å². The predicted octanol–water partition coefficient (Wildman–Crippen LogP) is 4.11. The number of rotatable bonds is 9. The summed E-state index contributed by atoms with van der Waals surface area (Å²) in [6.45, 7) is 7.75. The lowest BCUT2D eigenvalue weighted by molar-refractivity contribution is 0.308. The van der Waals surface area contributed by atoms with Gasteiger partial charge in [-0.3, -0.25) is 0 Å². The van der Waals surface area contributed by atoms with Crippen molar-refractivity contribution in [2.75, 3.05) is 26.7 Å². The minimum Gasteiger partial charge on any atom is -0.310 e. The minimum absolute atomic E-state index is 0.401. The molecule has 1 N–H and O–H groups in total. The molecule has 0 spiro atoms. The van der Waals surface area contributed by atoms with Gasteiger partial charge in [0.2, 0.25) is 0 Å². The third-order valence-electron chi connectivity index (χ3n) is 3.30. The highest BCUT2D eigenvalue weighted by Crippen LogP contribution is 2.20. The van der Waals surface area contributed by atoms with Crippen molar-refractivity contribution >= 4 is 11.6 Å². The van der Waals surface area contributed by atoms with Crippen LogP contribution in [0.5, 0.6) is 0 Å². The summed E-state index contributed by atoms with van der Waals surface area (Å²) in [5.74, 6) is 0. The summed E-state index contributed by atoms with van der Waals surface area (Å²) >= 11 is 6.10. The summed E-state index contributed by atoms with van der Waals surface area (Å²) < 4.78 is 0. The van der Waals surface area contributed by atoms with Crippen molar-refractivity contribution in [3.05, 3.63) is 34.9 Å². The van der Waals surface area contributed by atoms with E-state index in [9.17, 15) is 0 Å². The Hall–Kier alpha value is -0.570. The smallest absolute Gasteiger partial charge is 0.0409 e. The van der Waals surface area contributed by atoms with E-state index in [0.717, 1.165) is 37.5 Å². The second kappa shape index (κ2) is 9.35. The van der Waals surface area contributed by atoms with E-state index in [0.29, 0.717) is 6.04 Å². The number of benzene rings is 1. The van der Waals surface area contributed by atoms with Gasteiger partial charge in [-0.05, 0) is 63.6 Å². The molecule has 0 radical (unpaired) electrons. The molecule has 0 aliphatic heterocycles. The van der Waals surface area contributed by atoms with Gasteiger partial charge < -0.3 is 10.2 Å². The lowest BCUT2D eigenvalue weighted by Crippen LogP contribution is -2.28. The number of nitrogens with one attached hydrogen (secondary N) is 1. The molecular formula is C16H27ClN2. The van der Waals surface area contributed by atoms with Gasteiger partial charge in [0.25, 0.3) is 0 Å². The van der Waals surface area contributed by atoms with Gasteiger partial charge in [-0.15, -0.1) is 0 Å². The van der Waals surface area contributed by atoms with Crippen LogP contribution in [0.1, 0.15) is 44.7 Å².